The fourth-order valence-corrected chi connectivity index (χ4v) is 4.43. The minimum absolute atomic E-state index is 0.154. The van der Waals surface area contributed by atoms with Crippen LogP contribution in [0, 0.1) is 18.3 Å². The highest BCUT2D eigenvalue weighted by Gasteiger charge is 2.29. The molecular weight excluding hydrogens is 402 g/mol. The number of nitriles is 1. The molecule has 0 aliphatic carbocycles. The molecule has 30 heavy (non-hydrogen) atoms. The summed E-state index contributed by atoms with van der Waals surface area (Å²) in [6.45, 7) is 1.78. The van der Waals surface area contributed by atoms with Crippen molar-refractivity contribution in [1.29, 1.82) is 5.26 Å². The van der Waals surface area contributed by atoms with Crippen LogP contribution in [0.4, 0.5) is 0 Å². The van der Waals surface area contributed by atoms with Gasteiger partial charge in [-0.05, 0) is 30.7 Å². The molecule has 0 spiro atoms. The molecule has 1 N–H and O–H groups in total. The number of aromatic nitrogens is 2. The Bertz CT molecular complexity index is 1150. The second-order valence-electron chi connectivity index (χ2n) is 7.02. The number of amides is 2. The zero-order valence-electron chi connectivity index (χ0n) is 16.3. The lowest BCUT2D eigenvalue weighted by atomic mass is 10.0. The van der Waals surface area contributed by atoms with Gasteiger partial charge < -0.3 is 14.7 Å². The molecule has 1 saturated heterocycles. The molecule has 0 bridgehead atoms. The van der Waals surface area contributed by atoms with Crippen LogP contribution in [0.5, 0.6) is 0 Å². The van der Waals surface area contributed by atoms with Crippen molar-refractivity contribution in [1.82, 2.24) is 20.4 Å². The highest BCUT2D eigenvalue weighted by atomic mass is 32.2. The van der Waals surface area contributed by atoms with E-state index < -0.39 is 6.04 Å². The van der Waals surface area contributed by atoms with Gasteiger partial charge in [-0.3, -0.25) is 14.6 Å². The minimum atomic E-state index is -0.441. The standard InChI is InChI=1S/C21H19N5O3S/c1-13-10-29-25-19(13)7-14-2-3-18-17(6-14)16(4-5-23-18)21(28)24-9-20(27)26-12-30-11-15(26)8-22/h2-6,10,15H,7,9,11-12H2,1H3,(H,24,28). The average molecular weight is 421 g/mol. The van der Waals surface area contributed by atoms with Crippen molar-refractivity contribution in [2.24, 2.45) is 0 Å². The van der Waals surface area contributed by atoms with Gasteiger partial charge in [0.2, 0.25) is 5.91 Å². The second kappa shape index (κ2) is 8.55. The molecule has 0 radical (unpaired) electrons. The number of nitrogens with one attached hydrogen (secondary N) is 1. The molecule has 152 valence electrons. The maximum atomic E-state index is 12.8. The first-order chi connectivity index (χ1) is 14.6. The third-order valence-corrected chi connectivity index (χ3v) is 6.03. The van der Waals surface area contributed by atoms with Gasteiger partial charge in [-0.2, -0.15) is 5.26 Å². The Kier molecular flexibility index (Phi) is 5.68. The van der Waals surface area contributed by atoms with Gasteiger partial charge in [0.05, 0.1) is 35.3 Å². The Morgan fingerprint density at radius 1 is 1.40 bits per heavy atom. The highest BCUT2D eigenvalue weighted by Crippen LogP contribution is 2.22. The summed E-state index contributed by atoms with van der Waals surface area (Å²) in [5.41, 5.74) is 3.91. The summed E-state index contributed by atoms with van der Waals surface area (Å²) in [5, 5.41) is 16.5. The molecule has 2 amide bonds. The molecule has 1 aromatic carbocycles. The largest absolute Gasteiger partial charge is 0.364 e. The third kappa shape index (κ3) is 4.00. The molecule has 1 atom stereocenters. The van der Waals surface area contributed by atoms with E-state index in [1.807, 2.05) is 25.1 Å². The number of hydrogen-bond donors (Lipinski definition) is 1. The summed E-state index contributed by atoms with van der Waals surface area (Å²) >= 11 is 1.53. The quantitative estimate of drug-likeness (QED) is 0.672. The first kappa shape index (κ1) is 19.9. The number of nitrogens with zero attached hydrogens (tertiary/aromatic N) is 4. The second-order valence-corrected chi connectivity index (χ2v) is 8.02. The van der Waals surface area contributed by atoms with Crippen LogP contribution >= 0.6 is 11.8 Å². The Morgan fingerprint density at radius 3 is 3.03 bits per heavy atom. The van der Waals surface area contributed by atoms with Crippen molar-refractivity contribution in [3.63, 3.8) is 0 Å². The number of carbonyl (C=O) groups excluding carboxylic acids is 2. The predicted octanol–water partition coefficient (Wildman–Crippen LogP) is 2.28. The zero-order valence-corrected chi connectivity index (χ0v) is 17.1. The first-order valence-electron chi connectivity index (χ1n) is 9.39. The Morgan fingerprint density at radius 2 is 2.27 bits per heavy atom. The monoisotopic (exact) mass is 421 g/mol. The molecule has 3 aromatic rings. The van der Waals surface area contributed by atoms with Crippen LogP contribution in [0.1, 0.15) is 27.2 Å². The summed E-state index contributed by atoms with van der Waals surface area (Å²) in [5.74, 6) is 0.445. The number of benzene rings is 1. The van der Waals surface area contributed by atoms with Gasteiger partial charge in [-0.25, -0.2) is 0 Å². The Labute approximate surface area is 177 Å². The average Bonchev–Trinajstić information content (AvgIpc) is 3.40. The summed E-state index contributed by atoms with van der Waals surface area (Å²) in [6.07, 6.45) is 3.75. The maximum absolute atomic E-state index is 12.8. The number of thioether (sulfide) groups is 1. The molecule has 1 fully saturated rings. The van der Waals surface area contributed by atoms with E-state index in [0.717, 1.165) is 16.8 Å². The van der Waals surface area contributed by atoms with Crippen LogP contribution in [0.2, 0.25) is 0 Å². The van der Waals surface area contributed by atoms with Crippen molar-refractivity contribution in [2.75, 3.05) is 18.2 Å². The van der Waals surface area contributed by atoms with Gasteiger partial charge in [0.1, 0.15) is 12.3 Å². The third-order valence-electron chi connectivity index (χ3n) is 5.02. The highest BCUT2D eigenvalue weighted by molar-refractivity contribution is 7.99. The van der Waals surface area contributed by atoms with Gasteiger partial charge in [0.25, 0.3) is 5.91 Å². The van der Waals surface area contributed by atoms with E-state index in [-0.39, 0.29) is 18.4 Å². The van der Waals surface area contributed by atoms with Crippen molar-refractivity contribution in [2.45, 2.75) is 19.4 Å². The summed E-state index contributed by atoms with van der Waals surface area (Å²) in [4.78, 5) is 31.0. The molecule has 1 unspecified atom stereocenters. The molecular formula is C21H19N5O3S. The predicted molar refractivity (Wildman–Crippen MR) is 112 cm³/mol. The van der Waals surface area contributed by atoms with Crippen LogP contribution in [0.15, 0.2) is 41.2 Å². The van der Waals surface area contributed by atoms with Gasteiger partial charge in [-0.1, -0.05) is 11.2 Å². The normalized spacial score (nSPS) is 15.9. The maximum Gasteiger partial charge on any atom is 0.252 e. The summed E-state index contributed by atoms with van der Waals surface area (Å²) in [7, 11) is 0. The lowest BCUT2D eigenvalue weighted by Crippen LogP contribution is -2.42. The van der Waals surface area contributed by atoms with Crippen LogP contribution in [0.25, 0.3) is 10.9 Å². The van der Waals surface area contributed by atoms with E-state index in [0.29, 0.717) is 34.5 Å². The number of fused-ring (bicyclic) bond motifs is 1. The van der Waals surface area contributed by atoms with E-state index >= 15 is 0 Å². The zero-order chi connectivity index (χ0) is 21.1. The van der Waals surface area contributed by atoms with Crippen molar-refractivity contribution >= 4 is 34.5 Å². The first-order valence-corrected chi connectivity index (χ1v) is 10.5. The summed E-state index contributed by atoms with van der Waals surface area (Å²) < 4.78 is 5.00. The molecule has 2 aromatic heterocycles. The van der Waals surface area contributed by atoms with Crippen molar-refractivity contribution in [3.8, 4) is 6.07 Å². The van der Waals surface area contributed by atoms with E-state index in [1.54, 1.807) is 18.5 Å². The Balaban J connectivity index is 1.52. The van der Waals surface area contributed by atoms with Gasteiger partial charge in [0, 0.05) is 29.3 Å². The lowest BCUT2D eigenvalue weighted by Gasteiger charge is -2.18. The molecule has 0 saturated carbocycles. The number of pyridine rings is 1. The van der Waals surface area contributed by atoms with E-state index in [1.165, 1.54) is 16.7 Å². The SMILES string of the molecule is Cc1conc1Cc1ccc2nccc(C(=O)NCC(=O)N3CSCC3C#N)c2c1. The van der Waals surface area contributed by atoms with Gasteiger partial charge >= 0.3 is 0 Å². The van der Waals surface area contributed by atoms with Crippen LogP contribution in [-0.4, -0.2) is 51.1 Å². The molecule has 9 heteroatoms. The van der Waals surface area contributed by atoms with Crippen molar-refractivity contribution in [3.05, 3.63) is 59.1 Å². The number of hydrogen-bond acceptors (Lipinski definition) is 7. The minimum Gasteiger partial charge on any atom is -0.364 e. The molecule has 3 heterocycles. The number of rotatable bonds is 5. The van der Waals surface area contributed by atoms with E-state index in [2.05, 4.69) is 21.5 Å². The van der Waals surface area contributed by atoms with Crippen LogP contribution < -0.4 is 5.32 Å². The van der Waals surface area contributed by atoms with Crippen molar-refractivity contribution < 1.29 is 14.1 Å². The fraction of sp³-hybridized carbons (Fsp3) is 0.286. The Hall–Kier alpha value is -3.38. The number of carbonyl (C=O) groups is 2. The number of aryl methyl sites for hydroxylation is 1. The van der Waals surface area contributed by atoms with Gasteiger partial charge in [0.15, 0.2) is 0 Å². The van der Waals surface area contributed by atoms with Gasteiger partial charge in [-0.15, -0.1) is 11.8 Å². The summed E-state index contributed by atoms with van der Waals surface area (Å²) in [6, 6.07) is 9.03. The molecule has 4 rings (SSSR count). The van der Waals surface area contributed by atoms with Crippen LogP contribution in [-0.2, 0) is 11.2 Å². The smallest absolute Gasteiger partial charge is 0.252 e. The lowest BCUT2D eigenvalue weighted by molar-refractivity contribution is -0.129. The molecule has 1 aliphatic rings. The van der Waals surface area contributed by atoms with E-state index in [4.69, 9.17) is 9.78 Å². The molecule has 8 nitrogen and oxygen atoms in total. The molecule has 1 aliphatic heterocycles. The van der Waals surface area contributed by atoms with E-state index in [9.17, 15) is 9.59 Å². The topological polar surface area (TPSA) is 112 Å². The fourth-order valence-electron chi connectivity index (χ4n) is 3.32. The van der Waals surface area contributed by atoms with Crippen LogP contribution in [0.3, 0.4) is 0 Å².